The van der Waals surface area contributed by atoms with Crippen LogP contribution in [0.5, 0.6) is 0 Å². The quantitative estimate of drug-likeness (QED) is 0.279. The van der Waals surface area contributed by atoms with Gasteiger partial charge in [0.25, 0.3) is 0 Å². The first-order chi connectivity index (χ1) is 13.7. The number of guanidine groups is 1. The number of aromatic nitrogens is 2. The topological polar surface area (TPSA) is 71.8 Å². The molecular weight excluding hydrogens is 481 g/mol. The minimum atomic E-state index is -0.0710. The number of hydrogen-bond donors (Lipinski definition) is 1. The number of aliphatic imine (C=N–C) groups is 1. The Balaban J connectivity index is 0.00000300. The van der Waals surface area contributed by atoms with Gasteiger partial charge in [0.05, 0.1) is 31.1 Å². The van der Waals surface area contributed by atoms with E-state index in [0.29, 0.717) is 13.2 Å². The van der Waals surface area contributed by atoms with Gasteiger partial charge in [-0.3, -0.25) is 4.79 Å². The number of para-hydroxylation sites is 1. The van der Waals surface area contributed by atoms with E-state index in [1.165, 1.54) is 0 Å². The lowest BCUT2D eigenvalue weighted by Gasteiger charge is -2.33. The molecule has 0 amide bonds. The molecule has 7 nitrogen and oxygen atoms in total. The Morgan fingerprint density at radius 1 is 1.28 bits per heavy atom. The smallest absolute Gasteiger partial charge is 0.309 e. The van der Waals surface area contributed by atoms with Crippen molar-refractivity contribution in [3.05, 3.63) is 48.5 Å². The number of esters is 1. The summed E-state index contributed by atoms with van der Waals surface area (Å²) in [5.41, 5.74) is 2.22. The summed E-state index contributed by atoms with van der Waals surface area (Å²) in [6.45, 7) is 7.36. The molecule has 0 saturated carbocycles. The largest absolute Gasteiger partial charge is 0.466 e. The second-order valence-corrected chi connectivity index (χ2v) is 6.78. The van der Waals surface area contributed by atoms with Gasteiger partial charge in [0.1, 0.15) is 0 Å². The Morgan fingerprint density at radius 3 is 2.69 bits per heavy atom. The van der Waals surface area contributed by atoms with Crippen LogP contribution in [0.15, 0.2) is 48.0 Å². The fourth-order valence-electron chi connectivity index (χ4n) is 3.47. The molecule has 1 aromatic heterocycles. The van der Waals surface area contributed by atoms with Gasteiger partial charge in [-0.2, -0.15) is 0 Å². The van der Waals surface area contributed by atoms with Crippen LogP contribution in [0, 0.1) is 5.92 Å². The number of benzene rings is 1. The van der Waals surface area contributed by atoms with Gasteiger partial charge < -0.3 is 19.5 Å². The summed E-state index contributed by atoms with van der Waals surface area (Å²) in [4.78, 5) is 23.2. The average molecular weight is 511 g/mol. The number of rotatable bonds is 6. The Bertz CT molecular complexity index is 786. The summed E-state index contributed by atoms with van der Waals surface area (Å²) in [5, 5.41) is 3.39. The summed E-state index contributed by atoms with van der Waals surface area (Å²) < 4.78 is 7.17. The zero-order valence-electron chi connectivity index (χ0n) is 17.1. The normalized spacial score (nSPS) is 15.0. The average Bonchev–Trinajstić information content (AvgIpc) is 3.26. The molecule has 0 aliphatic carbocycles. The van der Waals surface area contributed by atoms with Crippen molar-refractivity contribution >= 4 is 35.9 Å². The summed E-state index contributed by atoms with van der Waals surface area (Å²) in [5.74, 6) is 0.824. The van der Waals surface area contributed by atoms with Crippen molar-refractivity contribution in [2.24, 2.45) is 10.9 Å². The van der Waals surface area contributed by atoms with E-state index < -0.39 is 0 Å². The Labute approximate surface area is 189 Å². The van der Waals surface area contributed by atoms with Crippen LogP contribution >= 0.6 is 24.0 Å². The van der Waals surface area contributed by atoms with Crippen molar-refractivity contribution in [1.29, 1.82) is 0 Å². The van der Waals surface area contributed by atoms with Gasteiger partial charge >= 0.3 is 5.97 Å². The minimum Gasteiger partial charge on any atom is -0.466 e. The summed E-state index contributed by atoms with van der Waals surface area (Å²) in [6.07, 6.45) is 7.11. The third-order valence-corrected chi connectivity index (χ3v) is 4.92. The first-order valence-electron chi connectivity index (χ1n) is 9.99. The van der Waals surface area contributed by atoms with E-state index in [9.17, 15) is 4.79 Å². The minimum absolute atomic E-state index is 0. The highest BCUT2D eigenvalue weighted by Crippen LogP contribution is 2.20. The monoisotopic (exact) mass is 511 g/mol. The van der Waals surface area contributed by atoms with E-state index in [2.05, 4.69) is 34.3 Å². The molecule has 1 saturated heterocycles. The molecule has 0 atom stereocenters. The summed E-state index contributed by atoms with van der Waals surface area (Å²) >= 11 is 0. The lowest BCUT2D eigenvalue weighted by Crippen LogP contribution is -2.46. The highest BCUT2D eigenvalue weighted by molar-refractivity contribution is 14.0. The van der Waals surface area contributed by atoms with Crippen molar-refractivity contribution in [3.8, 4) is 5.69 Å². The summed E-state index contributed by atoms with van der Waals surface area (Å²) in [6, 6.07) is 8.22. The van der Waals surface area contributed by atoms with E-state index in [1.54, 1.807) is 12.5 Å². The number of imidazole rings is 1. The van der Waals surface area contributed by atoms with E-state index in [-0.39, 0.29) is 35.9 Å². The van der Waals surface area contributed by atoms with Gasteiger partial charge in [0.2, 0.25) is 0 Å². The molecule has 1 aliphatic rings. The Kier molecular flexibility index (Phi) is 9.43. The Hall–Kier alpha value is -2.10. The summed E-state index contributed by atoms with van der Waals surface area (Å²) in [7, 11) is 0. The van der Waals surface area contributed by atoms with Crippen molar-refractivity contribution in [2.75, 3.05) is 26.2 Å². The van der Waals surface area contributed by atoms with Gasteiger partial charge in [-0.05, 0) is 38.3 Å². The number of halogens is 1. The third-order valence-electron chi connectivity index (χ3n) is 4.92. The van der Waals surface area contributed by atoms with Gasteiger partial charge in [-0.15, -0.1) is 24.0 Å². The second kappa shape index (κ2) is 11.8. The molecule has 2 heterocycles. The van der Waals surface area contributed by atoms with Gasteiger partial charge in [0, 0.05) is 32.0 Å². The highest BCUT2D eigenvalue weighted by Gasteiger charge is 2.27. The lowest BCUT2D eigenvalue weighted by atomic mass is 9.97. The molecule has 1 fully saturated rings. The predicted octanol–water partition coefficient (Wildman–Crippen LogP) is 3.23. The molecule has 0 bridgehead atoms. The standard InChI is InChI=1S/C21H29N5O2.HI/c1-3-23-21(25-12-9-17(10-13-25)20(27)28-4-2)24-15-18-7-5-6-8-19(18)26-14-11-22-16-26;/h5-8,11,14,16-17H,3-4,9-10,12-13,15H2,1-2H3,(H,23,24);1H. The van der Waals surface area contributed by atoms with Crippen LogP contribution in [0.2, 0.25) is 0 Å². The molecule has 8 heteroatoms. The fourth-order valence-corrected chi connectivity index (χ4v) is 3.47. The van der Waals surface area contributed by atoms with Gasteiger partial charge in [-0.1, -0.05) is 18.2 Å². The molecule has 1 N–H and O–H groups in total. The van der Waals surface area contributed by atoms with E-state index in [1.807, 2.05) is 29.8 Å². The molecule has 3 rings (SSSR count). The van der Waals surface area contributed by atoms with Crippen LogP contribution in [0.25, 0.3) is 5.69 Å². The van der Waals surface area contributed by atoms with Crippen LogP contribution in [-0.2, 0) is 16.1 Å². The molecule has 1 aliphatic heterocycles. The highest BCUT2D eigenvalue weighted by atomic mass is 127. The Morgan fingerprint density at radius 2 is 2.03 bits per heavy atom. The van der Waals surface area contributed by atoms with Crippen molar-refractivity contribution in [2.45, 2.75) is 33.2 Å². The van der Waals surface area contributed by atoms with E-state index >= 15 is 0 Å². The van der Waals surface area contributed by atoms with Crippen LogP contribution in [0.1, 0.15) is 32.3 Å². The molecule has 29 heavy (non-hydrogen) atoms. The lowest BCUT2D eigenvalue weighted by molar-refractivity contribution is -0.149. The van der Waals surface area contributed by atoms with Crippen LogP contribution in [0.3, 0.4) is 0 Å². The molecular formula is C21H30IN5O2. The van der Waals surface area contributed by atoms with Crippen LogP contribution in [0.4, 0.5) is 0 Å². The number of piperidine rings is 1. The number of carbonyl (C=O) groups is 1. The third kappa shape index (κ3) is 6.19. The van der Waals surface area contributed by atoms with Gasteiger partial charge in [-0.25, -0.2) is 9.98 Å². The zero-order chi connectivity index (χ0) is 19.8. The van der Waals surface area contributed by atoms with Gasteiger partial charge in [0.15, 0.2) is 5.96 Å². The number of ether oxygens (including phenoxy) is 1. The van der Waals surface area contributed by atoms with Crippen molar-refractivity contribution in [1.82, 2.24) is 19.8 Å². The van der Waals surface area contributed by atoms with E-state index in [0.717, 1.165) is 49.7 Å². The first kappa shape index (κ1) is 23.2. The number of nitrogens with one attached hydrogen (secondary N) is 1. The second-order valence-electron chi connectivity index (χ2n) is 6.78. The predicted molar refractivity (Wildman–Crippen MR) is 125 cm³/mol. The number of nitrogens with zero attached hydrogens (tertiary/aromatic N) is 4. The maximum absolute atomic E-state index is 12.0. The molecule has 0 spiro atoms. The maximum Gasteiger partial charge on any atom is 0.309 e. The van der Waals surface area contributed by atoms with Crippen molar-refractivity contribution in [3.63, 3.8) is 0 Å². The number of likely N-dealkylation sites (tertiary alicyclic amines) is 1. The molecule has 1 aromatic carbocycles. The first-order valence-corrected chi connectivity index (χ1v) is 9.99. The number of hydrogen-bond acceptors (Lipinski definition) is 4. The zero-order valence-corrected chi connectivity index (χ0v) is 19.4. The molecule has 0 radical (unpaired) electrons. The maximum atomic E-state index is 12.0. The van der Waals surface area contributed by atoms with E-state index in [4.69, 9.17) is 9.73 Å². The van der Waals surface area contributed by atoms with Crippen LogP contribution < -0.4 is 5.32 Å². The number of carbonyl (C=O) groups excluding carboxylic acids is 1. The molecule has 0 unspecified atom stereocenters. The van der Waals surface area contributed by atoms with Crippen LogP contribution in [-0.4, -0.2) is 52.6 Å². The van der Waals surface area contributed by atoms with Crippen molar-refractivity contribution < 1.29 is 9.53 Å². The SMILES string of the molecule is CCNC(=NCc1ccccc1-n1ccnc1)N1CCC(C(=O)OCC)CC1.I. The fraction of sp³-hybridized carbons (Fsp3) is 0.476. The molecule has 158 valence electrons. The molecule has 2 aromatic rings.